The van der Waals surface area contributed by atoms with Gasteiger partial charge in [0.1, 0.15) is 7.85 Å². The normalized spacial score (nSPS) is 32.3. The van der Waals surface area contributed by atoms with E-state index in [1.807, 2.05) is 13.8 Å². The highest BCUT2D eigenvalue weighted by molar-refractivity contribution is 7.54. The van der Waals surface area contributed by atoms with Crippen molar-refractivity contribution >= 4 is 27.0 Å². The summed E-state index contributed by atoms with van der Waals surface area (Å²) in [7, 11) is -2.51. The second-order valence-electron chi connectivity index (χ2n) is 7.11. The molecule has 148 valence electrons. The van der Waals surface area contributed by atoms with Gasteiger partial charge in [-0.25, -0.2) is 0 Å². The van der Waals surface area contributed by atoms with E-state index >= 15 is 0 Å². The topological polar surface area (TPSA) is 96.2 Å². The quantitative estimate of drug-likeness (QED) is 0.297. The van der Waals surface area contributed by atoms with Crippen molar-refractivity contribution in [3.05, 3.63) is 0 Å². The van der Waals surface area contributed by atoms with E-state index in [0.29, 0.717) is 12.8 Å². The van der Waals surface area contributed by atoms with Gasteiger partial charge in [0.2, 0.25) is 0 Å². The molecule has 1 aliphatic rings. The summed E-state index contributed by atoms with van der Waals surface area (Å²) in [6.07, 6.45) is 0.762. The molecule has 0 aromatic rings. The Morgan fingerprint density at radius 1 is 1.24 bits per heavy atom. The third kappa shape index (κ3) is 5.01. The fourth-order valence-corrected chi connectivity index (χ4v) is 5.48. The third-order valence-corrected chi connectivity index (χ3v) is 8.38. The zero-order valence-corrected chi connectivity index (χ0v) is 17.6. The number of alkyl halides is 1. The SMILES string of the molecule is BC1OC(C[C@](CC)(CCC)OP(=O)(O)C(O)(CC)CC)[C@@H](O)[C@H]1Cl. The number of ether oxygens (including phenoxy) is 1. The molecule has 3 N–H and O–H groups in total. The molecule has 0 aromatic heterocycles. The Labute approximate surface area is 157 Å². The van der Waals surface area contributed by atoms with Crippen LogP contribution < -0.4 is 0 Å². The second-order valence-corrected chi connectivity index (χ2v) is 9.67. The average molecular weight is 399 g/mol. The summed E-state index contributed by atoms with van der Waals surface area (Å²) < 4.78 is 24.4. The van der Waals surface area contributed by atoms with Crippen LogP contribution in [-0.2, 0) is 13.8 Å². The fraction of sp³-hybridized carbons (Fsp3) is 1.00. The minimum Gasteiger partial charge on any atom is -0.389 e. The summed E-state index contributed by atoms with van der Waals surface area (Å²) in [5.41, 5.74) is -0.969. The van der Waals surface area contributed by atoms with Crippen molar-refractivity contribution < 1.29 is 28.9 Å². The maximum absolute atomic E-state index is 12.9. The molecule has 1 saturated heterocycles. The highest BCUT2D eigenvalue weighted by Gasteiger charge is 2.51. The molecule has 0 spiro atoms. The molecule has 9 heteroatoms. The van der Waals surface area contributed by atoms with Crippen molar-refractivity contribution in [1.29, 1.82) is 0 Å². The Morgan fingerprint density at radius 3 is 2.16 bits per heavy atom. The van der Waals surface area contributed by atoms with Gasteiger partial charge in [-0.2, -0.15) is 0 Å². The molecule has 0 aromatic carbocycles. The van der Waals surface area contributed by atoms with Crippen LogP contribution in [0.5, 0.6) is 0 Å². The number of halogens is 1. The molecule has 1 fully saturated rings. The highest BCUT2D eigenvalue weighted by Crippen LogP contribution is 2.61. The first-order valence-electron chi connectivity index (χ1n) is 9.25. The average Bonchev–Trinajstić information content (AvgIpc) is 2.80. The number of aliphatic hydroxyl groups excluding tert-OH is 1. The predicted molar refractivity (Wildman–Crippen MR) is 102 cm³/mol. The van der Waals surface area contributed by atoms with Crippen molar-refractivity contribution in [2.45, 2.75) is 101 Å². The van der Waals surface area contributed by atoms with Gasteiger partial charge in [-0.15, -0.1) is 11.6 Å². The largest absolute Gasteiger partial charge is 0.389 e. The summed E-state index contributed by atoms with van der Waals surface area (Å²) in [6.45, 7) is 7.15. The molecule has 0 amide bonds. The van der Waals surface area contributed by atoms with Gasteiger partial charge < -0.3 is 19.8 Å². The van der Waals surface area contributed by atoms with Crippen LogP contribution >= 0.6 is 19.2 Å². The van der Waals surface area contributed by atoms with Crippen LogP contribution in [0.15, 0.2) is 0 Å². The molecule has 1 rings (SSSR count). The minimum absolute atomic E-state index is 0.118. The van der Waals surface area contributed by atoms with Gasteiger partial charge in [-0.1, -0.05) is 34.1 Å². The maximum atomic E-state index is 12.9. The van der Waals surface area contributed by atoms with Gasteiger partial charge in [-0.3, -0.25) is 9.09 Å². The predicted octanol–water partition coefficient (Wildman–Crippen LogP) is 2.36. The highest BCUT2D eigenvalue weighted by atomic mass is 35.5. The summed E-state index contributed by atoms with van der Waals surface area (Å²) in [5.74, 6) is 0. The van der Waals surface area contributed by atoms with Crippen LogP contribution in [-0.4, -0.2) is 57.5 Å². The van der Waals surface area contributed by atoms with Gasteiger partial charge in [0, 0.05) is 12.4 Å². The van der Waals surface area contributed by atoms with E-state index in [1.54, 1.807) is 21.7 Å². The lowest BCUT2D eigenvalue weighted by Crippen LogP contribution is -2.42. The van der Waals surface area contributed by atoms with Crippen molar-refractivity contribution in [2.24, 2.45) is 0 Å². The van der Waals surface area contributed by atoms with E-state index in [1.165, 1.54) is 0 Å². The lowest BCUT2D eigenvalue weighted by Gasteiger charge is -2.40. The molecule has 6 atom stereocenters. The van der Waals surface area contributed by atoms with Gasteiger partial charge in [0.15, 0.2) is 5.34 Å². The summed E-state index contributed by atoms with van der Waals surface area (Å²) in [5, 5.41) is 18.6. The maximum Gasteiger partial charge on any atom is 0.359 e. The monoisotopic (exact) mass is 398 g/mol. The Kier molecular flexibility index (Phi) is 8.48. The van der Waals surface area contributed by atoms with Gasteiger partial charge in [-0.05, 0) is 25.7 Å². The number of hydrogen-bond donors (Lipinski definition) is 3. The second kappa shape index (κ2) is 9.05. The molecule has 1 aliphatic heterocycles. The van der Waals surface area contributed by atoms with Crippen LogP contribution in [0, 0.1) is 0 Å². The molecule has 6 nitrogen and oxygen atoms in total. The Balaban J connectivity index is 3.09. The van der Waals surface area contributed by atoms with E-state index in [9.17, 15) is 19.7 Å². The van der Waals surface area contributed by atoms with Crippen LogP contribution in [0.25, 0.3) is 0 Å². The molecular weight excluding hydrogens is 365 g/mol. The lowest BCUT2D eigenvalue weighted by molar-refractivity contribution is -0.0562. The summed E-state index contributed by atoms with van der Waals surface area (Å²) >= 11 is 6.15. The van der Waals surface area contributed by atoms with Crippen molar-refractivity contribution in [3.63, 3.8) is 0 Å². The van der Waals surface area contributed by atoms with Crippen LogP contribution in [0.2, 0.25) is 0 Å². The van der Waals surface area contributed by atoms with Crippen LogP contribution in [0.4, 0.5) is 0 Å². The van der Waals surface area contributed by atoms with Crippen molar-refractivity contribution in [3.8, 4) is 0 Å². The summed E-state index contributed by atoms with van der Waals surface area (Å²) in [4.78, 5) is 10.5. The smallest absolute Gasteiger partial charge is 0.359 e. The minimum atomic E-state index is -4.30. The molecular formula is C16H33BClO6P. The van der Waals surface area contributed by atoms with Gasteiger partial charge in [0.05, 0.1) is 23.2 Å². The molecule has 0 radical (unpaired) electrons. The number of aliphatic hydroxyl groups is 2. The van der Waals surface area contributed by atoms with E-state index < -0.39 is 36.1 Å². The van der Waals surface area contributed by atoms with E-state index in [4.69, 9.17) is 20.9 Å². The summed E-state index contributed by atoms with van der Waals surface area (Å²) in [6, 6.07) is -0.304. The molecule has 0 saturated carbocycles. The Bertz CT molecular complexity index is 478. The lowest BCUT2D eigenvalue weighted by atomic mass is 9.87. The first kappa shape index (κ1) is 23.4. The standard InChI is InChI=1S/C16H33BClO6P/c1-5-9-15(6-2,10-11-13(19)12(18)14(17)23-11)24-25(21,22)16(20,7-3)8-4/h11-14,19-20H,5-10,17H2,1-4H3,(H,21,22)/t11?,12-,13-,14?,15+/m1/s1. The zero-order chi connectivity index (χ0) is 19.5. The van der Waals surface area contributed by atoms with Crippen LogP contribution in [0.1, 0.15) is 66.2 Å². The Morgan fingerprint density at radius 2 is 1.80 bits per heavy atom. The van der Waals surface area contributed by atoms with Crippen molar-refractivity contribution in [2.75, 3.05) is 0 Å². The van der Waals surface area contributed by atoms with E-state index in [2.05, 4.69) is 0 Å². The van der Waals surface area contributed by atoms with E-state index in [0.717, 1.165) is 6.42 Å². The van der Waals surface area contributed by atoms with E-state index in [-0.39, 0.29) is 25.3 Å². The molecule has 25 heavy (non-hydrogen) atoms. The number of hydrogen-bond acceptors (Lipinski definition) is 5. The number of rotatable bonds is 10. The zero-order valence-electron chi connectivity index (χ0n) is 15.9. The first-order chi connectivity index (χ1) is 11.5. The van der Waals surface area contributed by atoms with Crippen LogP contribution in [0.3, 0.4) is 0 Å². The van der Waals surface area contributed by atoms with Gasteiger partial charge >= 0.3 is 7.60 Å². The molecule has 0 bridgehead atoms. The first-order valence-corrected chi connectivity index (χ1v) is 11.3. The van der Waals surface area contributed by atoms with Gasteiger partial charge in [0.25, 0.3) is 0 Å². The molecule has 0 aliphatic carbocycles. The van der Waals surface area contributed by atoms with Crippen molar-refractivity contribution in [1.82, 2.24) is 0 Å². The molecule has 1 heterocycles. The fourth-order valence-electron chi connectivity index (χ4n) is 3.47. The Hall–Kier alpha value is 0.385. The molecule has 3 unspecified atom stereocenters. The third-order valence-electron chi connectivity index (χ3n) is 5.44.